The summed E-state index contributed by atoms with van der Waals surface area (Å²) in [5.41, 5.74) is 0.586. The quantitative estimate of drug-likeness (QED) is 0.176. The van der Waals surface area contributed by atoms with Gasteiger partial charge in [0.1, 0.15) is 5.82 Å². The van der Waals surface area contributed by atoms with Gasteiger partial charge in [-0.3, -0.25) is 9.36 Å². The van der Waals surface area contributed by atoms with Crippen LogP contribution in [0.15, 0.2) is 86.2 Å². The fraction of sp³-hybridized carbons (Fsp3) is 0.267. The second-order valence-electron chi connectivity index (χ2n) is 9.01. The predicted molar refractivity (Wildman–Crippen MR) is 153 cm³/mol. The summed E-state index contributed by atoms with van der Waals surface area (Å²) < 4.78 is 43.0. The highest BCUT2D eigenvalue weighted by Crippen LogP contribution is 2.30. The fourth-order valence-electron chi connectivity index (χ4n) is 4.47. The third kappa shape index (κ3) is 6.10. The molecular weight excluding hydrogens is 531 g/mol. The Hall–Kier alpha value is -4.36. The van der Waals surface area contributed by atoms with E-state index in [0.29, 0.717) is 36.0 Å². The van der Waals surface area contributed by atoms with E-state index in [0.717, 1.165) is 6.42 Å². The Balaban J connectivity index is 2.24. The molecule has 1 aromatic heterocycles. The maximum atomic E-state index is 14.2. The molecule has 0 saturated heterocycles. The molecule has 0 amide bonds. The normalized spacial score (nSPS) is 13.1. The molecule has 0 saturated carbocycles. The Bertz CT molecular complexity index is 1670. The van der Waals surface area contributed by atoms with Gasteiger partial charge in [-0.25, -0.2) is 13.4 Å². The largest absolute Gasteiger partial charge is 0.492 e. The highest BCUT2D eigenvalue weighted by molar-refractivity contribution is 7.91. The molecule has 208 valence electrons. The fourth-order valence-corrected chi connectivity index (χ4v) is 5.81. The van der Waals surface area contributed by atoms with Crippen molar-refractivity contribution in [3.05, 3.63) is 99.5 Å². The van der Waals surface area contributed by atoms with E-state index < -0.39 is 38.2 Å². The van der Waals surface area contributed by atoms with Crippen molar-refractivity contribution in [2.24, 2.45) is 4.99 Å². The van der Waals surface area contributed by atoms with E-state index in [4.69, 9.17) is 0 Å². The number of aromatic nitrogens is 2. The van der Waals surface area contributed by atoms with Gasteiger partial charge in [0.15, 0.2) is 4.90 Å². The number of rotatable bonds is 11. The SMILES string of the molecule is C=N/C(F)=C(\C=C/C)c1ccc(S(=O)(=O)c2c(O)nc(CCCC)n([C@@H](CC)c3cccc(C#N)c3)c2=O)cc1. The molecule has 3 aromatic rings. The monoisotopic (exact) mass is 562 g/mol. The van der Waals surface area contributed by atoms with Crippen LogP contribution in [0, 0.1) is 11.3 Å². The van der Waals surface area contributed by atoms with Gasteiger partial charge in [0.2, 0.25) is 21.7 Å². The van der Waals surface area contributed by atoms with Crippen LogP contribution in [0.25, 0.3) is 5.57 Å². The molecule has 1 N–H and O–H groups in total. The number of aliphatic imine (C=N–C) groups is 1. The number of aryl methyl sites for hydroxylation is 1. The van der Waals surface area contributed by atoms with Gasteiger partial charge in [0, 0.05) is 12.0 Å². The average Bonchev–Trinajstić information content (AvgIpc) is 2.96. The molecule has 0 unspecified atom stereocenters. The van der Waals surface area contributed by atoms with E-state index in [9.17, 15) is 28.0 Å². The van der Waals surface area contributed by atoms with Crippen LogP contribution in [0.1, 0.15) is 68.6 Å². The molecule has 40 heavy (non-hydrogen) atoms. The molecule has 0 bridgehead atoms. The molecule has 0 aliphatic heterocycles. The van der Waals surface area contributed by atoms with E-state index >= 15 is 0 Å². The molecular formula is C30H31FN4O4S. The minimum absolute atomic E-state index is 0.110. The van der Waals surface area contributed by atoms with Gasteiger partial charge in [-0.05, 0) is 61.9 Å². The first-order valence-electron chi connectivity index (χ1n) is 12.8. The number of benzene rings is 2. The first-order valence-corrected chi connectivity index (χ1v) is 14.3. The number of halogens is 1. The summed E-state index contributed by atoms with van der Waals surface area (Å²) in [4.78, 5) is 20.3. The van der Waals surface area contributed by atoms with Gasteiger partial charge < -0.3 is 5.11 Å². The lowest BCUT2D eigenvalue weighted by Crippen LogP contribution is -2.33. The standard InChI is InChI=1S/C30H31FN4O4S/c1-5-8-13-26-34-29(36)27(30(37)35(26)25(7-3)22-12-9-11-20(18-22)19-32)40(38,39)23-16-14-21(15-17-23)24(10-6-2)28(31)33-4/h6,9-12,14-18,25,36H,4-5,7-8,13H2,1-3H3/b10-6-,28-24+/t25-/m0/s1. The number of allylic oxidation sites excluding steroid dienone is 3. The highest BCUT2D eigenvalue weighted by Gasteiger charge is 2.31. The first-order chi connectivity index (χ1) is 19.1. The summed E-state index contributed by atoms with van der Waals surface area (Å²) in [7, 11) is -4.54. The predicted octanol–water partition coefficient (Wildman–Crippen LogP) is 5.91. The van der Waals surface area contributed by atoms with E-state index in [2.05, 4.69) is 22.8 Å². The minimum Gasteiger partial charge on any atom is -0.492 e. The van der Waals surface area contributed by atoms with Gasteiger partial charge in [-0.2, -0.15) is 14.6 Å². The zero-order valence-corrected chi connectivity index (χ0v) is 23.4. The highest BCUT2D eigenvalue weighted by atomic mass is 32.2. The van der Waals surface area contributed by atoms with Crippen molar-refractivity contribution in [3.8, 4) is 11.9 Å². The molecule has 0 aliphatic carbocycles. The van der Waals surface area contributed by atoms with Crippen molar-refractivity contribution in [1.29, 1.82) is 5.26 Å². The summed E-state index contributed by atoms with van der Waals surface area (Å²) in [6, 6.07) is 13.4. The van der Waals surface area contributed by atoms with E-state index in [1.807, 2.05) is 13.8 Å². The zero-order valence-electron chi connectivity index (χ0n) is 22.6. The van der Waals surface area contributed by atoms with Crippen LogP contribution in [0.3, 0.4) is 0 Å². The van der Waals surface area contributed by atoms with Crippen molar-refractivity contribution in [2.45, 2.75) is 62.3 Å². The lowest BCUT2D eigenvalue weighted by molar-refractivity contribution is 0.406. The van der Waals surface area contributed by atoms with E-state index in [-0.39, 0.29) is 16.3 Å². The zero-order chi connectivity index (χ0) is 29.4. The molecule has 3 rings (SSSR count). The topological polar surface area (TPSA) is 125 Å². The van der Waals surface area contributed by atoms with Crippen LogP contribution in [0.2, 0.25) is 0 Å². The molecule has 10 heteroatoms. The molecule has 0 fully saturated rings. The number of hydrogen-bond donors (Lipinski definition) is 1. The number of nitrogens with zero attached hydrogens (tertiary/aromatic N) is 4. The van der Waals surface area contributed by atoms with E-state index in [1.54, 1.807) is 37.3 Å². The molecule has 2 aromatic carbocycles. The Labute approximate surface area is 233 Å². The van der Waals surface area contributed by atoms with Gasteiger partial charge in [0.25, 0.3) is 5.56 Å². The smallest absolute Gasteiger partial charge is 0.277 e. The summed E-state index contributed by atoms with van der Waals surface area (Å²) >= 11 is 0. The van der Waals surface area contributed by atoms with Crippen LogP contribution >= 0.6 is 0 Å². The summed E-state index contributed by atoms with van der Waals surface area (Å²) in [6.07, 6.45) is 5.27. The summed E-state index contributed by atoms with van der Waals surface area (Å²) in [5.74, 6) is -1.46. The van der Waals surface area contributed by atoms with Crippen molar-refractivity contribution in [3.63, 3.8) is 0 Å². The van der Waals surface area contributed by atoms with Crippen molar-refractivity contribution >= 4 is 22.1 Å². The van der Waals surface area contributed by atoms with Crippen LogP contribution in [-0.4, -0.2) is 29.8 Å². The van der Waals surface area contributed by atoms with Crippen molar-refractivity contribution in [1.82, 2.24) is 9.55 Å². The van der Waals surface area contributed by atoms with Crippen LogP contribution in [0.4, 0.5) is 4.39 Å². The molecule has 0 radical (unpaired) electrons. The van der Waals surface area contributed by atoms with Crippen LogP contribution < -0.4 is 5.56 Å². The Morgan fingerprint density at radius 1 is 1.25 bits per heavy atom. The number of hydrogen-bond acceptors (Lipinski definition) is 7. The lowest BCUT2D eigenvalue weighted by atomic mass is 10.0. The molecule has 1 atom stereocenters. The number of aromatic hydroxyl groups is 1. The second kappa shape index (κ2) is 13.1. The van der Waals surface area contributed by atoms with Gasteiger partial charge in [-0.15, -0.1) is 0 Å². The van der Waals surface area contributed by atoms with Crippen molar-refractivity contribution in [2.75, 3.05) is 0 Å². The van der Waals surface area contributed by atoms with Gasteiger partial charge >= 0.3 is 0 Å². The third-order valence-corrected chi connectivity index (χ3v) is 8.21. The van der Waals surface area contributed by atoms with Crippen LogP contribution in [0.5, 0.6) is 5.88 Å². The lowest BCUT2D eigenvalue weighted by Gasteiger charge is -2.23. The van der Waals surface area contributed by atoms with E-state index in [1.165, 1.54) is 34.9 Å². The van der Waals surface area contributed by atoms with Crippen LogP contribution in [-0.2, 0) is 16.3 Å². The summed E-state index contributed by atoms with van der Waals surface area (Å²) in [6.45, 7) is 8.69. The Morgan fingerprint density at radius 2 is 1.95 bits per heavy atom. The molecule has 1 heterocycles. The van der Waals surface area contributed by atoms with Gasteiger partial charge in [-0.1, -0.05) is 56.7 Å². The third-order valence-electron chi connectivity index (χ3n) is 6.42. The molecule has 8 nitrogen and oxygen atoms in total. The maximum Gasteiger partial charge on any atom is 0.277 e. The second-order valence-corrected chi connectivity index (χ2v) is 10.9. The Morgan fingerprint density at radius 3 is 2.52 bits per heavy atom. The Kier molecular flexibility index (Phi) is 9.91. The minimum atomic E-state index is -4.54. The summed E-state index contributed by atoms with van der Waals surface area (Å²) in [5, 5.41) is 20.2. The first kappa shape index (κ1) is 30.2. The average molecular weight is 563 g/mol. The number of nitriles is 1. The molecule has 0 aliphatic rings. The number of unbranched alkanes of at least 4 members (excludes halogenated alkanes) is 1. The van der Waals surface area contributed by atoms with Crippen molar-refractivity contribution < 1.29 is 17.9 Å². The van der Waals surface area contributed by atoms with Gasteiger partial charge in [0.05, 0.1) is 22.6 Å². The molecule has 0 spiro atoms. The maximum absolute atomic E-state index is 14.2. The number of sulfone groups is 1.